The number of hydrogen-bond acceptors (Lipinski definition) is 7. The highest BCUT2D eigenvalue weighted by Gasteiger charge is 2.28. The van der Waals surface area contributed by atoms with Gasteiger partial charge in [0.1, 0.15) is 11.5 Å². The molecule has 208 valence electrons. The monoisotopic (exact) mass is 527 g/mol. The van der Waals surface area contributed by atoms with E-state index >= 15 is 0 Å². The molecule has 1 amide bonds. The van der Waals surface area contributed by atoms with Crippen LogP contribution < -0.4 is 14.8 Å². The standard InChI is InChI=1S/C29H41N3O6/c1-19(2)18-32-25(22-16-21(36-3)11-13-27(22)37-4)17-24(31-32)29(35)30-23(15-20-9-7-6-8-10-20)26(33)12-14-28(34)38-5/h11,13,16-17,19-20,23H,6-10,12,14-15,18H2,1-5H3,(H,30,35)/t23-/m0/s1. The summed E-state index contributed by atoms with van der Waals surface area (Å²) in [7, 11) is 4.49. The van der Waals surface area contributed by atoms with Gasteiger partial charge < -0.3 is 19.5 Å². The Morgan fingerprint density at radius 1 is 1.03 bits per heavy atom. The summed E-state index contributed by atoms with van der Waals surface area (Å²) >= 11 is 0. The van der Waals surface area contributed by atoms with Gasteiger partial charge in [0.2, 0.25) is 0 Å². The van der Waals surface area contributed by atoms with Gasteiger partial charge in [0.25, 0.3) is 5.91 Å². The lowest BCUT2D eigenvalue weighted by Crippen LogP contribution is -2.42. The molecule has 38 heavy (non-hydrogen) atoms. The van der Waals surface area contributed by atoms with Crippen molar-refractivity contribution in [3.63, 3.8) is 0 Å². The number of nitrogens with one attached hydrogen (secondary N) is 1. The molecule has 1 aliphatic rings. The number of Topliss-reactive ketones (excluding diaryl/α,β-unsaturated/α-hetero) is 1. The van der Waals surface area contributed by atoms with Crippen LogP contribution in [-0.4, -0.2) is 54.8 Å². The van der Waals surface area contributed by atoms with Gasteiger partial charge in [-0.2, -0.15) is 5.10 Å². The summed E-state index contributed by atoms with van der Waals surface area (Å²) in [5.74, 6) is 0.925. The van der Waals surface area contributed by atoms with Crippen LogP contribution in [0.3, 0.4) is 0 Å². The summed E-state index contributed by atoms with van der Waals surface area (Å²) in [6.45, 7) is 4.74. The van der Waals surface area contributed by atoms with E-state index in [0.29, 0.717) is 30.4 Å². The van der Waals surface area contributed by atoms with Crippen molar-refractivity contribution in [2.24, 2.45) is 11.8 Å². The Labute approximate surface area is 225 Å². The fraction of sp³-hybridized carbons (Fsp3) is 0.586. The van der Waals surface area contributed by atoms with Crippen molar-refractivity contribution >= 4 is 17.7 Å². The van der Waals surface area contributed by atoms with Gasteiger partial charge in [-0.3, -0.25) is 19.1 Å². The Morgan fingerprint density at radius 2 is 1.76 bits per heavy atom. The van der Waals surface area contributed by atoms with E-state index in [0.717, 1.165) is 36.9 Å². The van der Waals surface area contributed by atoms with Crippen LogP contribution in [0.2, 0.25) is 0 Å². The molecule has 1 heterocycles. The molecule has 1 fully saturated rings. The minimum Gasteiger partial charge on any atom is -0.497 e. The Kier molecular flexibility index (Phi) is 10.7. The van der Waals surface area contributed by atoms with Crippen LogP contribution in [0, 0.1) is 11.8 Å². The summed E-state index contributed by atoms with van der Waals surface area (Å²) in [6, 6.07) is 6.54. The van der Waals surface area contributed by atoms with Gasteiger partial charge in [-0.25, -0.2) is 0 Å². The number of benzene rings is 1. The van der Waals surface area contributed by atoms with Crippen molar-refractivity contribution in [3.8, 4) is 22.8 Å². The highest BCUT2D eigenvalue weighted by molar-refractivity contribution is 5.98. The second-order valence-corrected chi connectivity index (χ2v) is 10.4. The lowest BCUT2D eigenvalue weighted by Gasteiger charge is -2.26. The van der Waals surface area contributed by atoms with Crippen molar-refractivity contribution in [1.82, 2.24) is 15.1 Å². The fourth-order valence-corrected chi connectivity index (χ4v) is 5.00. The average molecular weight is 528 g/mol. The molecule has 1 aromatic carbocycles. The van der Waals surface area contributed by atoms with Crippen LogP contribution in [-0.2, 0) is 20.9 Å². The van der Waals surface area contributed by atoms with Crippen molar-refractivity contribution in [3.05, 3.63) is 30.0 Å². The molecule has 3 rings (SSSR count). The third-order valence-corrected chi connectivity index (χ3v) is 7.02. The first kappa shape index (κ1) is 29.2. The number of amides is 1. The van der Waals surface area contributed by atoms with Gasteiger partial charge in [0.05, 0.1) is 39.5 Å². The molecule has 9 heteroatoms. The maximum Gasteiger partial charge on any atom is 0.305 e. The van der Waals surface area contributed by atoms with Crippen molar-refractivity contribution in [2.45, 2.75) is 77.8 Å². The van der Waals surface area contributed by atoms with Crippen LogP contribution in [0.5, 0.6) is 11.5 Å². The van der Waals surface area contributed by atoms with E-state index in [1.165, 1.54) is 13.5 Å². The lowest BCUT2D eigenvalue weighted by atomic mass is 9.83. The highest BCUT2D eigenvalue weighted by atomic mass is 16.5. The summed E-state index contributed by atoms with van der Waals surface area (Å²) in [5.41, 5.74) is 1.70. The van der Waals surface area contributed by atoms with E-state index in [-0.39, 0.29) is 30.2 Å². The van der Waals surface area contributed by atoms with Crippen LogP contribution in [0.4, 0.5) is 0 Å². The number of hydrogen-bond donors (Lipinski definition) is 1. The van der Waals surface area contributed by atoms with Crippen LogP contribution in [0.15, 0.2) is 24.3 Å². The van der Waals surface area contributed by atoms with Crippen LogP contribution in [0.25, 0.3) is 11.3 Å². The normalized spacial score (nSPS) is 14.7. The number of nitrogens with zero attached hydrogens (tertiary/aromatic N) is 2. The maximum atomic E-state index is 13.5. The van der Waals surface area contributed by atoms with Crippen LogP contribution in [0.1, 0.15) is 75.7 Å². The van der Waals surface area contributed by atoms with Gasteiger partial charge in [-0.1, -0.05) is 46.0 Å². The summed E-state index contributed by atoms with van der Waals surface area (Å²) in [6.07, 6.45) is 6.13. The van der Waals surface area contributed by atoms with Crippen LogP contribution >= 0.6 is 0 Å². The highest BCUT2D eigenvalue weighted by Crippen LogP contribution is 2.34. The van der Waals surface area contributed by atoms with E-state index < -0.39 is 17.9 Å². The number of aromatic nitrogens is 2. The van der Waals surface area contributed by atoms with Crippen molar-refractivity contribution < 1.29 is 28.6 Å². The molecular formula is C29H41N3O6. The number of ether oxygens (including phenoxy) is 3. The number of esters is 1. The predicted molar refractivity (Wildman–Crippen MR) is 144 cm³/mol. The minimum absolute atomic E-state index is 0.00479. The van der Waals surface area contributed by atoms with E-state index in [9.17, 15) is 14.4 Å². The molecular weight excluding hydrogens is 486 g/mol. The molecule has 1 aromatic heterocycles. The molecule has 1 aliphatic carbocycles. The van der Waals surface area contributed by atoms with Crippen molar-refractivity contribution in [1.29, 1.82) is 0 Å². The minimum atomic E-state index is -0.680. The van der Waals surface area contributed by atoms with Gasteiger partial charge >= 0.3 is 5.97 Å². The molecule has 0 aliphatic heterocycles. The molecule has 0 saturated heterocycles. The molecule has 2 aromatic rings. The SMILES string of the molecule is COC(=O)CCC(=O)[C@H](CC1CCCCC1)NC(=O)c1cc(-c2cc(OC)ccc2OC)n(CC(C)C)n1. The number of carbonyl (C=O) groups is 3. The first-order chi connectivity index (χ1) is 18.2. The lowest BCUT2D eigenvalue weighted by molar-refractivity contribution is -0.142. The third-order valence-electron chi connectivity index (χ3n) is 7.02. The summed E-state index contributed by atoms with van der Waals surface area (Å²) in [4.78, 5) is 38.2. The third kappa shape index (κ3) is 7.82. The number of methoxy groups -OCH3 is 3. The zero-order valence-corrected chi connectivity index (χ0v) is 23.2. The number of ketones is 1. The second kappa shape index (κ2) is 14.0. The zero-order chi connectivity index (χ0) is 27.7. The maximum absolute atomic E-state index is 13.5. The molecule has 0 radical (unpaired) electrons. The molecule has 0 bridgehead atoms. The predicted octanol–water partition coefficient (Wildman–Crippen LogP) is 4.81. The van der Waals surface area contributed by atoms with Gasteiger partial charge in [0.15, 0.2) is 11.5 Å². The van der Waals surface area contributed by atoms with E-state index in [1.54, 1.807) is 25.0 Å². The first-order valence-corrected chi connectivity index (χ1v) is 13.5. The largest absolute Gasteiger partial charge is 0.497 e. The molecule has 1 atom stereocenters. The molecule has 9 nitrogen and oxygen atoms in total. The topological polar surface area (TPSA) is 109 Å². The van der Waals surface area contributed by atoms with E-state index in [1.807, 2.05) is 18.2 Å². The quantitative estimate of drug-likeness (QED) is 0.372. The Morgan fingerprint density at radius 3 is 2.39 bits per heavy atom. The summed E-state index contributed by atoms with van der Waals surface area (Å²) in [5, 5.41) is 7.57. The van der Waals surface area contributed by atoms with Crippen molar-refractivity contribution in [2.75, 3.05) is 21.3 Å². The van der Waals surface area contributed by atoms with E-state index in [2.05, 4.69) is 24.3 Å². The van der Waals surface area contributed by atoms with E-state index in [4.69, 9.17) is 14.2 Å². The molecule has 1 saturated carbocycles. The van der Waals surface area contributed by atoms with Gasteiger partial charge in [-0.05, 0) is 42.5 Å². The Bertz CT molecular complexity index is 1100. The zero-order valence-electron chi connectivity index (χ0n) is 23.2. The number of rotatable bonds is 13. The number of carbonyl (C=O) groups excluding carboxylic acids is 3. The smallest absolute Gasteiger partial charge is 0.305 e. The van der Waals surface area contributed by atoms with Gasteiger partial charge in [-0.15, -0.1) is 0 Å². The Balaban J connectivity index is 1.89. The Hall–Kier alpha value is -3.36. The fourth-order valence-electron chi connectivity index (χ4n) is 5.00. The molecule has 0 unspecified atom stereocenters. The van der Waals surface area contributed by atoms with Gasteiger partial charge in [0, 0.05) is 18.5 Å². The second-order valence-electron chi connectivity index (χ2n) is 10.4. The average Bonchev–Trinajstić information content (AvgIpc) is 3.34. The molecule has 1 N–H and O–H groups in total. The molecule has 0 spiro atoms. The summed E-state index contributed by atoms with van der Waals surface area (Å²) < 4.78 is 17.5. The first-order valence-electron chi connectivity index (χ1n) is 13.5.